The standard InChI is InChI=1S/C19H27N3O3/c1-13(14-7-9-21(2)10-8-14)22(3)19(23)12-17-16-11-15(24-4)5-6-18(16)25-20-17/h5-6,11,13-14H,7-10,12H2,1-4H3. The van der Waals surface area contributed by atoms with Crippen molar-refractivity contribution in [1.82, 2.24) is 15.0 Å². The molecule has 0 N–H and O–H groups in total. The Hall–Kier alpha value is -2.08. The van der Waals surface area contributed by atoms with E-state index >= 15 is 0 Å². The summed E-state index contributed by atoms with van der Waals surface area (Å²) < 4.78 is 10.6. The van der Waals surface area contributed by atoms with Crippen LogP contribution in [0.25, 0.3) is 11.0 Å². The average Bonchev–Trinajstić information content (AvgIpc) is 3.03. The van der Waals surface area contributed by atoms with Crippen molar-refractivity contribution < 1.29 is 14.1 Å². The fourth-order valence-electron chi connectivity index (χ4n) is 3.54. The Morgan fingerprint density at radius 1 is 1.44 bits per heavy atom. The third-order valence-corrected chi connectivity index (χ3v) is 5.52. The van der Waals surface area contributed by atoms with Crippen LogP contribution in [0.3, 0.4) is 0 Å². The van der Waals surface area contributed by atoms with E-state index < -0.39 is 0 Å². The zero-order valence-corrected chi connectivity index (χ0v) is 15.5. The molecule has 1 atom stereocenters. The zero-order valence-electron chi connectivity index (χ0n) is 15.5. The number of carbonyl (C=O) groups excluding carboxylic acids is 1. The predicted octanol–water partition coefficient (Wildman–Crippen LogP) is 2.57. The van der Waals surface area contributed by atoms with E-state index in [9.17, 15) is 4.79 Å². The summed E-state index contributed by atoms with van der Waals surface area (Å²) in [7, 11) is 5.67. The molecule has 3 rings (SSSR count). The first-order chi connectivity index (χ1) is 12.0. The van der Waals surface area contributed by atoms with Crippen LogP contribution in [-0.2, 0) is 11.2 Å². The Morgan fingerprint density at radius 3 is 2.84 bits per heavy atom. The van der Waals surface area contributed by atoms with Gasteiger partial charge in [-0.2, -0.15) is 0 Å². The second-order valence-electron chi connectivity index (χ2n) is 7.05. The van der Waals surface area contributed by atoms with Gasteiger partial charge in [0.25, 0.3) is 0 Å². The SMILES string of the molecule is COc1ccc2onc(CC(=O)N(C)C(C)C3CCN(C)CC3)c2c1. The van der Waals surface area contributed by atoms with Gasteiger partial charge in [-0.15, -0.1) is 0 Å². The number of likely N-dealkylation sites (tertiary alicyclic amines) is 1. The van der Waals surface area contributed by atoms with E-state index in [-0.39, 0.29) is 18.4 Å². The molecule has 0 aliphatic carbocycles. The highest BCUT2D eigenvalue weighted by Crippen LogP contribution is 2.26. The van der Waals surface area contributed by atoms with Crippen molar-refractivity contribution in [2.75, 3.05) is 34.3 Å². The number of carbonyl (C=O) groups is 1. The lowest BCUT2D eigenvalue weighted by molar-refractivity contribution is -0.132. The van der Waals surface area contributed by atoms with Gasteiger partial charge in [-0.1, -0.05) is 5.16 Å². The minimum atomic E-state index is 0.0736. The molecule has 1 aromatic carbocycles. The molecule has 1 aliphatic heterocycles. The molecule has 2 aromatic rings. The number of nitrogens with zero attached hydrogens (tertiary/aromatic N) is 3. The largest absolute Gasteiger partial charge is 0.497 e. The van der Waals surface area contributed by atoms with Crippen molar-refractivity contribution in [2.45, 2.75) is 32.2 Å². The van der Waals surface area contributed by atoms with Crippen molar-refractivity contribution in [1.29, 1.82) is 0 Å². The molecule has 25 heavy (non-hydrogen) atoms. The van der Waals surface area contributed by atoms with Crippen LogP contribution in [0.2, 0.25) is 0 Å². The summed E-state index contributed by atoms with van der Waals surface area (Å²) in [6, 6.07) is 5.75. The van der Waals surface area contributed by atoms with Gasteiger partial charge in [-0.05, 0) is 64.0 Å². The van der Waals surface area contributed by atoms with Gasteiger partial charge in [0.1, 0.15) is 11.4 Å². The smallest absolute Gasteiger partial charge is 0.228 e. The number of aromatic nitrogens is 1. The number of piperidine rings is 1. The van der Waals surface area contributed by atoms with E-state index in [4.69, 9.17) is 9.26 Å². The van der Waals surface area contributed by atoms with E-state index in [1.807, 2.05) is 30.1 Å². The van der Waals surface area contributed by atoms with Gasteiger partial charge in [0.15, 0.2) is 5.58 Å². The highest BCUT2D eigenvalue weighted by atomic mass is 16.5. The van der Waals surface area contributed by atoms with Crippen molar-refractivity contribution in [2.24, 2.45) is 5.92 Å². The van der Waals surface area contributed by atoms with Crippen LogP contribution in [0.5, 0.6) is 5.75 Å². The zero-order chi connectivity index (χ0) is 18.0. The number of ether oxygens (including phenoxy) is 1. The Labute approximate surface area is 148 Å². The minimum Gasteiger partial charge on any atom is -0.497 e. The van der Waals surface area contributed by atoms with Gasteiger partial charge in [0.05, 0.1) is 13.5 Å². The van der Waals surface area contributed by atoms with E-state index in [2.05, 4.69) is 24.0 Å². The number of hydrogen-bond donors (Lipinski definition) is 0. The molecule has 1 fully saturated rings. The lowest BCUT2D eigenvalue weighted by atomic mass is 9.89. The number of fused-ring (bicyclic) bond motifs is 1. The quantitative estimate of drug-likeness (QED) is 0.833. The molecule has 0 spiro atoms. The summed E-state index contributed by atoms with van der Waals surface area (Å²) in [6.45, 7) is 4.35. The number of rotatable bonds is 5. The summed E-state index contributed by atoms with van der Waals surface area (Å²) in [5.74, 6) is 1.36. The summed E-state index contributed by atoms with van der Waals surface area (Å²) in [5, 5.41) is 4.93. The normalized spacial score (nSPS) is 17.6. The molecule has 1 aromatic heterocycles. The number of hydrogen-bond acceptors (Lipinski definition) is 5. The van der Waals surface area contributed by atoms with Gasteiger partial charge in [-0.25, -0.2) is 0 Å². The molecule has 0 bridgehead atoms. The topological polar surface area (TPSA) is 58.8 Å². The van der Waals surface area contributed by atoms with Crippen molar-refractivity contribution in [3.8, 4) is 5.75 Å². The second kappa shape index (κ2) is 7.44. The fraction of sp³-hybridized carbons (Fsp3) is 0.579. The predicted molar refractivity (Wildman–Crippen MR) is 96.7 cm³/mol. The third-order valence-electron chi connectivity index (χ3n) is 5.52. The molecule has 1 amide bonds. The Morgan fingerprint density at radius 2 is 2.16 bits per heavy atom. The first-order valence-electron chi connectivity index (χ1n) is 8.86. The van der Waals surface area contributed by atoms with Gasteiger partial charge < -0.3 is 19.1 Å². The van der Waals surface area contributed by atoms with Crippen LogP contribution in [0.1, 0.15) is 25.5 Å². The summed E-state index contributed by atoms with van der Waals surface area (Å²) in [6.07, 6.45) is 2.52. The number of benzene rings is 1. The van der Waals surface area contributed by atoms with Crippen LogP contribution in [-0.4, -0.2) is 61.2 Å². The van der Waals surface area contributed by atoms with Gasteiger partial charge in [-0.3, -0.25) is 4.79 Å². The van der Waals surface area contributed by atoms with Crippen molar-refractivity contribution in [3.63, 3.8) is 0 Å². The Balaban J connectivity index is 1.69. The summed E-state index contributed by atoms with van der Waals surface area (Å²) >= 11 is 0. The molecule has 1 saturated heterocycles. The maximum Gasteiger partial charge on any atom is 0.228 e. The average molecular weight is 345 g/mol. The second-order valence-corrected chi connectivity index (χ2v) is 7.05. The molecular weight excluding hydrogens is 318 g/mol. The molecule has 6 heteroatoms. The first-order valence-corrected chi connectivity index (χ1v) is 8.86. The third kappa shape index (κ3) is 3.79. The molecule has 6 nitrogen and oxygen atoms in total. The number of likely N-dealkylation sites (N-methyl/N-ethyl adjacent to an activating group) is 1. The number of amides is 1. The maximum atomic E-state index is 12.8. The highest BCUT2D eigenvalue weighted by Gasteiger charge is 2.28. The summed E-state index contributed by atoms with van der Waals surface area (Å²) in [4.78, 5) is 17.0. The minimum absolute atomic E-state index is 0.0736. The van der Waals surface area contributed by atoms with Crippen molar-refractivity contribution in [3.05, 3.63) is 23.9 Å². The summed E-state index contributed by atoms with van der Waals surface area (Å²) in [5.41, 5.74) is 1.34. The molecule has 1 aliphatic rings. The molecule has 1 unspecified atom stereocenters. The van der Waals surface area contributed by atoms with Crippen LogP contribution in [0.4, 0.5) is 0 Å². The van der Waals surface area contributed by atoms with E-state index in [1.165, 1.54) is 0 Å². The Bertz CT molecular complexity index is 735. The Kier molecular flexibility index (Phi) is 5.27. The molecule has 2 heterocycles. The van der Waals surface area contributed by atoms with Gasteiger partial charge >= 0.3 is 0 Å². The lowest BCUT2D eigenvalue weighted by Crippen LogP contribution is -2.44. The van der Waals surface area contributed by atoms with Gasteiger partial charge in [0.2, 0.25) is 5.91 Å². The van der Waals surface area contributed by atoms with E-state index in [1.54, 1.807) is 7.11 Å². The molecule has 0 saturated carbocycles. The van der Waals surface area contributed by atoms with Crippen LogP contribution >= 0.6 is 0 Å². The van der Waals surface area contributed by atoms with Crippen LogP contribution in [0.15, 0.2) is 22.7 Å². The lowest BCUT2D eigenvalue weighted by Gasteiger charge is -2.37. The van der Waals surface area contributed by atoms with E-state index in [0.717, 1.165) is 37.1 Å². The van der Waals surface area contributed by atoms with E-state index in [0.29, 0.717) is 17.2 Å². The fourth-order valence-corrected chi connectivity index (χ4v) is 3.54. The molecule has 136 valence electrons. The van der Waals surface area contributed by atoms with Gasteiger partial charge in [0, 0.05) is 18.5 Å². The first kappa shape index (κ1) is 17.7. The highest BCUT2D eigenvalue weighted by molar-refractivity contribution is 5.87. The maximum absolute atomic E-state index is 12.8. The molecule has 0 radical (unpaired) electrons. The van der Waals surface area contributed by atoms with Crippen LogP contribution in [0, 0.1) is 5.92 Å². The monoisotopic (exact) mass is 345 g/mol. The van der Waals surface area contributed by atoms with Crippen LogP contribution < -0.4 is 4.74 Å². The molecular formula is C19H27N3O3. The number of methoxy groups -OCH3 is 1. The van der Waals surface area contributed by atoms with Crippen molar-refractivity contribution >= 4 is 16.9 Å².